The normalized spacial score (nSPS) is 11.8. The maximum Gasteiger partial charge on any atom is -0.00726 e. The molecule has 0 spiro atoms. The third kappa shape index (κ3) is 12.4. The van der Waals surface area contributed by atoms with Gasteiger partial charge in [-0.2, -0.15) is 0 Å². The lowest BCUT2D eigenvalue weighted by Crippen LogP contribution is -1.98. The molecule has 2 rings (SSSR count). The third-order valence-electron chi connectivity index (χ3n) is 5.44. The molecule has 35 heavy (non-hydrogen) atoms. The first-order chi connectivity index (χ1) is 16.6. The minimum Gasteiger partial charge on any atom is -0.0998 e. The van der Waals surface area contributed by atoms with Gasteiger partial charge in [-0.15, -0.1) is 0 Å². The number of aryl methyl sites for hydroxylation is 2. The number of allylic oxidation sites excluding steroid dienone is 8. The Morgan fingerprint density at radius 1 is 0.857 bits per heavy atom. The van der Waals surface area contributed by atoms with Gasteiger partial charge in [-0.25, -0.2) is 0 Å². The van der Waals surface area contributed by atoms with Crippen LogP contribution >= 0.6 is 0 Å². The van der Waals surface area contributed by atoms with E-state index in [1.807, 2.05) is 13.8 Å². The number of benzene rings is 2. The molecule has 2 aromatic carbocycles. The number of hydrogen-bond donors (Lipinski definition) is 0. The summed E-state index contributed by atoms with van der Waals surface area (Å²) < 4.78 is 0. The van der Waals surface area contributed by atoms with Crippen LogP contribution in [0.5, 0.6) is 0 Å². The molecule has 0 bridgehead atoms. The minimum absolute atomic E-state index is 0.480. The zero-order chi connectivity index (χ0) is 27.0. The van der Waals surface area contributed by atoms with E-state index in [0.717, 1.165) is 18.4 Å². The van der Waals surface area contributed by atoms with Crippen LogP contribution in [0.3, 0.4) is 0 Å². The lowest BCUT2D eigenvalue weighted by atomic mass is 9.89. The maximum atomic E-state index is 4.14. The summed E-state index contributed by atoms with van der Waals surface area (Å²) in [6.07, 6.45) is 8.85. The average molecular weight is 471 g/mol. The van der Waals surface area contributed by atoms with Crippen LogP contribution in [0, 0.1) is 19.8 Å². The van der Waals surface area contributed by atoms with Gasteiger partial charge in [-0.1, -0.05) is 137 Å². The molecule has 190 valence electrons. The van der Waals surface area contributed by atoms with Crippen molar-refractivity contribution >= 4 is 5.57 Å². The molecular formula is C35H50. The molecule has 0 saturated heterocycles. The third-order valence-corrected chi connectivity index (χ3v) is 5.44. The molecular weight excluding hydrogens is 420 g/mol. The van der Waals surface area contributed by atoms with Crippen LogP contribution in [-0.2, 0) is 6.42 Å². The van der Waals surface area contributed by atoms with Gasteiger partial charge in [0.2, 0.25) is 0 Å². The van der Waals surface area contributed by atoms with E-state index in [1.165, 1.54) is 44.5 Å². The summed E-state index contributed by atoms with van der Waals surface area (Å²) in [5.74, 6) is 0.480. The molecule has 0 amide bonds. The molecule has 0 aliphatic rings. The van der Waals surface area contributed by atoms with Gasteiger partial charge in [-0.3, -0.25) is 0 Å². The van der Waals surface area contributed by atoms with Crippen LogP contribution in [0.2, 0.25) is 0 Å². The fourth-order valence-electron chi connectivity index (χ4n) is 3.70. The molecule has 0 N–H and O–H groups in total. The van der Waals surface area contributed by atoms with Crippen molar-refractivity contribution in [2.45, 2.75) is 82.1 Å². The molecule has 0 aliphatic carbocycles. The quantitative estimate of drug-likeness (QED) is 0.266. The van der Waals surface area contributed by atoms with Gasteiger partial charge in [0.05, 0.1) is 0 Å². The molecule has 0 aliphatic heterocycles. The van der Waals surface area contributed by atoms with Crippen molar-refractivity contribution in [3.8, 4) is 0 Å². The number of rotatable bonds is 8. The van der Waals surface area contributed by atoms with E-state index in [2.05, 4.69) is 135 Å². The average Bonchev–Trinajstić information content (AvgIpc) is 2.81. The van der Waals surface area contributed by atoms with E-state index in [1.54, 1.807) is 0 Å². The maximum absolute atomic E-state index is 4.14. The van der Waals surface area contributed by atoms with Crippen molar-refractivity contribution in [2.24, 2.45) is 5.92 Å². The number of hydrogen-bond acceptors (Lipinski definition) is 0. The summed E-state index contributed by atoms with van der Waals surface area (Å²) >= 11 is 0. The summed E-state index contributed by atoms with van der Waals surface area (Å²) in [6.45, 7) is 29.1. The molecule has 0 saturated carbocycles. The Balaban J connectivity index is 0.000000742. The lowest BCUT2D eigenvalue weighted by molar-refractivity contribution is 0.778. The van der Waals surface area contributed by atoms with Crippen molar-refractivity contribution in [2.75, 3.05) is 0 Å². The Morgan fingerprint density at radius 3 is 1.71 bits per heavy atom. The molecule has 0 heterocycles. The zero-order valence-corrected chi connectivity index (χ0v) is 24.3. The second-order valence-corrected chi connectivity index (χ2v) is 9.29. The molecule has 0 aromatic heterocycles. The fourth-order valence-corrected chi connectivity index (χ4v) is 3.70. The van der Waals surface area contributed by atoms with Gasteiger partial charge < -0.3 is 0 Å². The Labute approximate surface area is 217 Å². The Hall–Kier alpha value is -2.86. The summed E-state index contributed by atoms with van der Waals surface area (Å²) in [5.41, 5.74) is 11.5. The van der Waals surface area contributed by atoms with Crippen LogP contribution in [0.1, 0.15) is 84.1 Å². The molecule has 0 fully saturated rings. The van der Waals surface area contributed by atoms with E-state index in [4.69, 9.17) is 0 Å². The monoisotopic (exact) mass is 470 g/mol. The fraction of sp³-hybridized carbons (Fsp3) is 0.371. The van der Waals surface area contributed by atoms with Gasteiger partial charge >= 0.3 is 0 Å². The highest BCUT2D eigenvalue weighted by Crippen LogP contribution is 2.29. The van der Waals surface area contributed by atoms with E-state index in [0.29, 0.717) is 5.92 Å². The van der Waals surface area contributed by atoms with Gasteiger partial charge in [-0.05, 0) is 81.2 Å². The Kier molecular flexibility index (Phi) is 16.1. The van der Waals surface area contributed by atoms with Crippen LogP contribution in [0.15, 0.2) is 102 Å². The molecule has 0 heteroatoms. The first kappa shape index (κ1) is 32.1. The summed E-state index contributed by atoms with van der Waals surface area (Å²) in [5, 5.41) is 0. The Morgan fingerprint density at radius 2 is 1.34 bits per heavy atom. The van der Waals surface area contributed by atoms with Gasteiger partial charge in [0.25, 0.3) is 0 Å². The van der Waals surface area contributed by atoms with Crippen LogP contribution in [0.25, 0.3) is 5.57 Å². The summed E-state index contributed by atoms with van der Waals surface area (Å²) in [7, 11) is 0. The van der Waals surface area contributed by atoms with Gasteiger partial charge in [0.15, 0.2) is 0 Å². The van der Waals surface area contributed by atoms with E-state index in [9.17, 15) is 0 Å². The zero-order valence-electron chi connectivity index (χ0n) is 24.3. The SMILES string of the molecule is C=C(C)/C(=C/C(=C/CC)C(=C\C)/c1ccc(C)cc1)C(C)C.C=C(C)Cc1ccc(C)cc1.CC. The second kappa shape index (κ2) is 17.6. The second-order valence-electron chi connectivity index (χ2n) is 9.29. The van der Waals surface area contributed by atoms with E-state index < -0.39 is 0 Å². The smallest absolute Gasteiger partial charge is 0.00726 e. The van der Waals surface area contributed by atoms with Crippen molar-refractivity contribution in [3.05, 3.63) is 124 Å². The van der Waals surface area contributed by atoms with E-state index >= 15 is 0 Å². The summed E-state index contributed by atoms with van der Waals surface area (Å²) in [4.78, 5) is 0. The minimum atomic E-state index is 0.480. The molecule has 0 atom stereocenters. The van der Waals surface area contributed by atoms with Crippen LogP contribution in [-0.4, -0.2) is 0 Å². The first-order valence-corrected chi connectivity index (χ1v) is 13.1. The molecule has 0 radical (unpaired) electrons. The molecule has 0 unspecified atom stereocenters. The predicted molar refractivity (Wildman–Crippen MR) is 162 cm³/mol. The molecule has 2 aromatic rings. The van der Waals surface area contributed by atoms with Crippen molar-refractivity contribution in [1.82, 2.24) is 0 Å². The Bertz CT molecular complexity index is 987. The van der Waals surface area contributed by atoms with Gasteiger partial charge in [0, 0.05) is 0 Å². The van der Waals surface area contributed by atoms with Crippen LogP contribution < -0.4 is 0 Å². The topological polar surface area (TPSA) is 0 Å². The molecule has 0 nitrogen and oxygen atoms in total. The van der Waals surface area contributed by atoms with Crippen molar-refractivity contribution in [3.63, 3.8) is 0 Å². The van der Waals surface area contributed by atoms with Crippen molar-refractivity contribution < 1.29 is 0 Å². The first-order valence-electron chi connectivity index (χ1n) is 13.1. The highest BCUT2D eigenvalue weighted by molar-refractivity contribution is 5.82. The van der Waals surface area contributed by atoms with Crippen LogP contribution in [0.4, 0.5) is 0 Å². The highest BCUT2D eigenvalue weighted by Gasteiger charge is 2.09. The van der Waals surface area contributed by atoms with Gasteiger partial charge in [0.1, 0.15) is 0 Å². The highest BCUT2D eigenvalue weighted by atomic mass is 14.1. The summed E-state index contributed by atoms with van der Waals surface area (Å²) in [6, 6.07) is 17.3. The van der Waals surface area contributed by atoms with E-state index in [-0.39, 0.29) is 0 Å². The largest absolute Gasteiger partial charge is 0.0998 e. The predicted octanol–water partition coefficient (Wildman–Crippen LogP) is 11.0. The van der Waals surface area contributed by atoms with Crippen molar-refractivity contribution in [1.29, 1.82) is 0 Å². The lowest BCUT2D eigenvalue weighted by Gasteiger charge is -2.15. The standard InChI is InChI=1S/C22H30.C11H14.C2H6/c1-8-10-20(15-22(16(3)4)17(5)6)21(9-2)19-13-11-18(7)12-14-19;1-9(2)8-11-6-4-10(3)5-7-11;1-2/h9-15,17H,3,8H2,1-2,4-7H3;4-7H,1,8H2,2-3H3;1-2H3/b20-10-,21-9-,22-15-;;.